The lowest BCUT2D eigenvalue weighted by Crippen LogP contribution is -2.07. The highest BCUT2D eigenvalue weighted by molar-refractivity contribution is 5.77. The first kappa shape index (κ1) is 15.5. The van der Waals surface area contributed by atoms with Gasteiger partial charge in [-0.05, 0) is 29.8 Å². The molecule has 2 N–H and O–H groups in total. The van der Waals surface area contributed by atoms with Crippen molar-refractivity contribution in [3.63, 3.8) is 0 Å². The highest BCUT2D eigenvalue weighted by Crippen LogP contribution is 2.23. The van der Waals surface area contributed by atoms with E-state index in [0.29, 0.717) is 12.4 Å². The fourth-order valence-corrected chi connectivity index (χ4v) is 2.89. The SMILES string of the molecule is Cn1ccnc1[C@@H](O)c1ccc(NCc2cc3ccccc3o2)cc1. The molecule has 0 unspecified atom stereocenters. The Labute approximate surface area is 145 Å². The van der Waals surface area contributed by atoms with Crippen molar-refractivity contribution in [2.45, 2.75) is 12.6 Å². The van der Waals surface area contributed by atoms with Crippen molar-refractivity contribution in [1.82, 2.24) is 9.55 Å². The fourth-order valence-electron chi connectivity index (χ4n) is 2.89. The predicted octanol–water partition coefficient (Wildman–Crippen LogP) is 3.86. The lowest BCUT2D eigenvalue weighted by Gasteiger charge is -2.12. The van der Waals surface area contributed by atoms with Crippen LogP contribution in [0.5, 0.6) is 0 Å². The average Bonchev–Trinajstić information content (AvgIpc) is 3.25. The molecule has 0 saturated carbocycles. The number of aromatic nitrogens is 2. The number of nitrogens with one attached hydrogen (secondary N) is 1. The molecule has 5 heteroatoms. The molecule has 126 valence electrons. The maximum Gasteiger partial charge on any atom is 0.142 e. The molecule has 0 bridgehead atoms. The molecular formula is C20H19N3O2. The number of aryl methyl sites for hydroxylation is 1. The number of hydrogen-bond acceptors (Lipinski definition) is 4. The number of benzene rings is 2. The van der Waals surface area contributed by atoms with Crippen LogP contribution in [0.15, 0.2) is 71.4 Å². The highest BCUT2D eigenvalue weighted by atomic mass is 16.3. The summed E-state index contributed by atoms with van der Waals surface area (Å²) in [6.45, 7) is 0.607. The number of aliphatic hydroxyl groups is 1. The molecule has 0 aliphatic heterocycles. The molecule has 2 heterocycles. The number of anilines is 1. The quantitative estimate of drug-likeness (QED) is 0.582. The third-order valence-electron chi connectivity index (χ3n) is 4.27. The molecule has 4 aromatic rings. The van der Waals surface area contributed by atoms with Gasteiger partial charge in [-0.2, -0.15) is 0 Å². The van der Waals surface area contributed by atoms with Gasteiger partial charge in [-0.3, -0.25) is 0 Å². The standard InChI is InChI=1S/C20H19N3O2/c1-23-11-10-21-20(23)19(24)14-6-8-16(9-7-14)22-13-17-12-15-4-2-3-5-18(15)25-17/h2-12,19,22,24H,13H2,1H3/t19-/m0/s1. The monoisotopic (exact) mass is 333 g/mol. The second-order valence-corrected chi connectivity index (χ2v) is 6.02. The van der Waals surface area contributed by atoms with E-state index < -0.39 is 6.10 Å². The van der Waals surface area contributed by atoms with Crippen LogP contribution in [0.3, 0.4) is 0 Å². The zero-order chi connectivity index (χ0) is 17.2. The van der Waals surface area contributed by atoms with Crippen molar-refractivity contribution in [2.24, 2.45) is 7.05 Å². The van der Waals surface area contributed by atoms with E-state index in [2.05, 4.69) is 10.3 Å². The Morgan fingerprint density at radius 2 is 1.96 bits per heavy atom. The molecule has 25 heavy (non-hydrogen) atoms. The van der Waals surface area contributed by atoms with Crippen LogP contribution in [0.2, 0.25) is 0 Å². The van der Waals surface area contributed by atoms with Gasteiger partial charge in [0.05, 0.1) is 6.54 Å². The van der Waals surface area contributed by atoms with Gasteiger partial charge in [0, 0.05) is 30.5 Å². The van der Waals surface area contributed by atoms with E-state index in [4.69, 9.17) is 4.42 Å². The number of rotatable bonds is 5. The number of furan rings is 1. The summed E-state index contributed by atoms with van der Waals surface area (Å²) in [5.74, 6) is 1.52. The van der Waals surface area contributed by atoms with E-state index in [1.165, 1.54) is 0 Å². The first-order valence-electron chi connectivity index (χ1n) is 8.17. The zero-order valence-electron chi connectivity index (χ0n) is 13.9. The van der Waals surface area contributed by atoms with Crippen LogP contribution in [-0.4, -0.2) is 14.7 Å². The molecule has 1 atom stereocenters. The van der Waals surface area contributed by atoms with Gasteiger partial charge in [-0.1, -0.05) is 30.3 Å². The molecule has 0 aliphatic carbocycles. The summed E-state index contributed by atoms with van der Waals surface area (Å²) in [6.07, 6.45) is 2.77. The van der Waals surface area contributed by atoms with Gasteiger partial charge in [0.1, 0.15) is 23.3 Å². The van der Waals surface area contributed by atoms with Crippen molar-refractivity contribution in [3.05, 3.63) is 84.1 Å². The molecule has 2 aromatic carbocycles. The van der Waals surface area contributed by atoms with Crippen LogP contribution in [0.4, 0.5) is 5.69 Å². The molecule has 0 amide bonds. The number of nitrogens with zero attached hydrogens (tertiary/aromatic N) is 2. The Bertz CT molecular complexity index is 953. The third-order valence-corrected chi connectivity index (χ3v) is 4.27. The average molecular weight is 333 g/mol. The summed E-state index contributed by atoms with van der Waals surface area (Å²) in [5.41, 5.74) is 2.67. The van der Waals surface area contributed by atoms with E-state index in [-0.39, 0.29) is 0 Å². The lowest BCUT2D eigenvalue weighted by molar-refractivity contribution is 0.206. The number of para-hydroxylation sites is 1. The summed E-state index contributed by atoms with van der Waals surface area (Å²) in [5, 5.41) is 14.9. The molecule has 4 rings (SSSR count). The Morgan fingerprint density at radius 1 is 1.16 bits per heavy atom. The molecule has 0 radical (unpaired) electrons. The summed E-state index contributed by atoms with van der Waals surface area (Å²) >= 11 is 0. The Balaban J connectivity index is 1.44. The second kappa shape index (κ2) is 6.45. The van der Waals surface area contributed by atoms with Gasteiger partial charge in [0.2, 0.25) is 0 Å². The number of aliphatic hydroxyl groups excluding tert-OH is 1. The van der Waals surface area contributed by atoms with Crippen LogP contribution in [-0.2, 0) is 13.6 Å². The molecule has 2 aromatic heterocycles. The first-order valence-corrected chi connectivity index (χ1v) is 8.17. The smallest absolute Gasteiger partial charge is 0.142 e. The van der Waals surface area contributed by atoms with Crippen molar-refractivity contribution < 1.29 is 9.52 Å². The normalized spacial score (nSPS) is 12.4. The van der Waals surface area contributed by atoms with Crippen LogP contribution in [0.25, 0.3) is 11.0 Å². The molecule has 5 nitrogen and oxygen atoms in total. The minimum atomic E-state index is -0.732. The Kier molecular flexibility index (Phi) is 3.99. The maximum atomic E-state index is 10.4. The Morgan fingerprint density at radius 3 is 2.68 bits per heavy atom. The summed E-state index contributed by atoms with van der Waals surface area (Å²) < 4.78 is 7.62. The van der Waals surface area contributed by atoms with Crippen LogP contribution in [0, 0.1) is 0 Å². The molecule has 0 aliphatic rings. The van der Waals surface area contributed by atoms with E-state index >= 15 is 0 Å². The third kappa shape index (κ3) is 3.14. The van der Waals surface area contributed by atoms with Gasteiger partial charge >= 0.3 is 0 Å². The van der Waals surface area contributed by atoms with Crippen LogP contribution >= 0.6 is 0 Å². The fraction of sp³-hybridized carbons (Fsp3) is 0.150. The van der Waals surface area contributed by atoms with E-state index in [1.54, 1.807) is 6.20 Å². The summed E-state index contributed by atoms with van der Waals surface area (Å²) in [6, 6.07) is 17.7. The van der Waals surface area contributed by atoms with E-state index in [1.807, 2.05) is 72.4 Å². The highest BCUT2D eigenvalue weighted by Gasteiger charge is 2.14. The van der Waals surface area contributed by atoms with Crippen LogP contribution in [0.1, 0.15) is 23.3 Å². The predicted molar refractivity (Wildman–Crippen MR) is 97.3 cm³/mol. The van der Waals surface area contributed by atoms with Gasteiger partial charge < -0.3 is 19.4 Å². The van der Waals surface area contributed by atoms with Crippen molar-refractivity contribution in [2.75, 3.05) is 5.32 Å². The maximum absolute atomic E-state index is 10.4. The molecule has 0 saturated heterocycles. The van der Waals surface area contributed by atoms with E-state index in [9.17, 15) is 5.11 Å². The van der Waals surface area contributed by atoms with Crippen molar-refractivity contribution in [1.29, 1.82) is 0 Å². The second-order valence-electron chi connectivity index (χ2n) is 6.02. The van der Waals surface area contributed by atoms with Gasteiger partial charge in [0.25, 0.3) is 0 Å². The number of hydrogen-bond donors (Lipinski definition) is 2. The Hall–Kier alpha value is -3.05. The summed E-state index contributed by atoms with van der Waals surface area (Å²) in [7, 11) is 1.87. The summed E-state index contributed by atoms with van der Waals surface area (Å²) in [4.78, 5) is 4.20. The largest absolute Gasteiger partial charge is 0.459 e. The minimum Gasteiger partial charge on any atom is -0.459 e. The van der Waals surface area contributed by atoms with Gasteiger partial charge in [-0.15, -0.1) is 0 Å². The minimum absolute atomic E-state index is 0.607. The topological polar surface area (TPSA) is 63.2 Å². The van der Waals surface area contributed by atoms with Gasteiger partial charge in [-0.25, -0.2) is 4.98 Å². The van der Waals surface area contributed by atoms with Crippen molar-refractivity contribution >= 4 is 16.7 Å². The van der Waals surface area contributed by atoms with E-state index in [0.717, 1.165) is 28.0 Å². The van der Waals surface area contributed by atoms with Crippen LogP contribution < -0.4 is 5.32 Å². The first-order chi connectivity index (χ1) is 12.2. The lowest BCUT2D eigenvalue weighted by atomic mass is 10.1. The number of imidazole rings is 1. The zero-order valence-corrected chi connectivity index (χ0v) is 13.9. The van der Waals surface area contributed by atoms with Gasteiger partial charge in [0.15, 0.2) is 0 Å². The van der Waals surface area contributed by atoms with Crippen molar-refractivity contribution in [3.8, 4) is 0 Å². The molecular weight excluding hydrogens is 314 g/mol. The molecule has 0 spiro atoms. The number of fused-ring (bicyclic) bond motifs is 1. The molecule has 0 fully saturated rings.